The lowest BCUT2D eigenvalue weighted by Gasteiger charge is -2.29. The van der Waals surface area contributed by atoms with Crippen molar-refractivity contribution < 1.29 is 14.4 Å². The maximum absolute atomic E-state index is 13.1. The summed E-state index contributed by atoms with van der Waals surface area (Å²) in [6, 6.07) is 10.1. The number of nitrogens with one attached hydrogen (secondary N) is 1. The van der Waals surface area contributed by atoms with Gasteiger partial charge in [0.1, 0.15) is 11.7 Å². The largest absolute Gasteiger partial charge is 0.336 e. The third-order valence-electron chi connectivity index (χ3n) is 7.81. The first-order chi connectivity index (χ1) is 16.9. The molecule has 0 spiro atoms. The molecule has 3 aliphatic rings. The number of fused-ring (bicyclic) bond motifs is 2. The Bertz CT molecular complexity index is 1380. The zero-order valence-corrected chi connectivity index (χ0v) is 20.1. The molecule has 8 heteroatoms. The second-order valence-electron chi connectivity index (χ2n) is 10.1. The predicted octanol–water partition coefficient (Wildman–Crippen LogP) is 2.99. The number of aryl methyl sites for hydroxylation is 1. The van der Waals surface area contributed by atoms with Crippen LogP contribution in [0.2, 0.25) is 0 Å². The molecule has 35 heavy (non-hydrogen) atoms. The van der Waals surface area contributed by atoms with E-state index < -0.39 is 6.04 Å². The van der Waals surface area contributed by atoms with E-state index in [1.165, 1.54) is 23.8 Å². The van der Waals surface area contributed by atoms with E-state index >= 15 is 0 Å². The summed E-state index contributed by atoms with van der Waals surface area (Å²) in [5.41, 5.74) is 5.56. The lowest BCUT2D eigenvalue weighted by molar-refractivity contribution is -0.136. The SMILES string of the molecule is CC1CCCN1Cc1cc(-c2ccc3c(c2)CN(C2CCC(=O)NC2=O)C3=O)nc2c1ccn2C. The quantitative estimate of drug-likeness (QED) is 0.591. The summed E-state index contributed by atoms with van der Waals surface area (Å²) in [7, 11) is 2.01. The zero-order valence-electron chi connectivity index (χ0n) is 20.1. The van der Waals surface area contributed by atoms with Gasteiger partial charge in [-0.2, -0.15) is 0 Å². The number of nitrogens with zero attached hydrogens (tertiary/aromatic N) is 4. The highest BCUT2D eigenvalue weighted by molar-refractivity contribution is 6.05. The monoisotopic (exact) mass is 471 g/mol. The smallest absolute Gasteiger partial charge is 0.255 e. The number of piperidine rings is 1. The Balaban J connectivity index is 1.34. The van der Waals surface area contributed by atoms with Gasteiger partial charge in [-0.3, -0.25) is 24.6 Å². The van der Waals surface area contributed by atoms with E-state index in [9.17, 15) is 14.4 Å². The highest BCUT2D eigenvalue weighted by atomic mass is 16.2. The fourth-order valence-electron chi connectivity index (χ4n) is 5.76. The van der Waals surface area contributed by atoms with Crippen LogP contribution in [0, 0.1) is 0 Å². The van der Waals surface area contributed by atoms with Crippen LogP contribution in [-0.2, 0) is 29.7 Å². The van der Waals surface area contributed by atoms with Gasteiger partial charge in [0.2, 0.25) is 11.8 Å². The number of carbonyl (C=O) groups excluding carboxylic acids is 3. The molecular formula is C27H29N5O3. The molecule has 1 aromatic carbocycles. The minimum atomic E-state index is -0.608. The van der Waals surface area contributed by atoms with Crippen LogP contribution in [0.5, 0.6) is 0 Å². The van der Waals surface area contributed by atoms with E-state index in [1.54, 1.807) is 4.90 Å². The van der Waals surface area contributed by atoms with E-state index in [-0.39, 0.29) is 24.1 Å². The van der Waals surface area contributed by atoms with Gasteiger partial charge in [-0.25, -0.2) is 4.98 Å². The van der Waals surface area contributed by atoms with E-state index in [4.69, 9.17) is 4.98 Å². The van der Waals surface area contributed by atoms with Crippen LogP contribution in [0.25, 0.3) is 22.3 Å². The molecule has 0 saturated carbocycles. The Morgan fingerprint density at radius 1 is 1.11 bits per heavy atom. The van der Waals surface area contributed by atoms with E-state index in [2.05, 4.69) is 40.0 Å². The third-order valence-corrected chi connectivity index (χ3v) is 7.81. The van der Waals surface area contributed by atoms with Crippen LogP contribution in [0.4, 0.5) is 0 Å². The minimum absolute atomic E-state index is 0.157. The molecule has 2 unspecified atom stereocenters. The average molecular weight is 472 g/mol. The predicted molar refractivity (Wildman–Crippen MR) is 131 cm³/mol. The van der Waals surface area contributed by atoms with Gasteiger partial charge in [-0.05, 0) is 68.1 Å². The Labute approximate surface area is 203 Å². The molecular weight excluding hydrogens is 442 g/mol. The summed E-state index contributed by atoms with van der Waals surface area (Å²) < 4.78 is 2.05. The van der Waals surface area contributed by atoms with E-state index in [1.807, 2.05) is 25.2 Å². The van der Waals surface area contributed by atoms with Gasteiger partial charge in [0.25, 0.3) is 5.91 Å². The van der Waals surface area contributed by atoms with Crippen molar-refractivity contribution in [3.63, 3.8) is 0 Å². The highest BCUT2D eigenvalue weighted by Crippen LogP contribution is 2.33. The van der Waals surface area contributed by atoms with Crippen LogP contribution < -0.4 is 5.32 Å². The lowest BCUT2D eigenvalue weighted by Crippen LogP contribution is -2.52. The first-order valence-electron chi connectivity index (χ1n) is 12.4. The van der Waals surface area contributed by atoms with Crippen molar-refractivity contribution in [3.8, 4) is 11.3 Å². The number of hydrogen-bond donors (Lipinski definition) is 1. The van der Waals surface area contributed by atoms with Gasteiger partial charge in [-0.15, -0.1) is 0 Å². The highest BCUT2D eigenvalue weighted by Gasteiger charge is 2.39. The Kier molecular flexibility index (Phi) is 5.21. The van der Waals surface area contributed by atoms with Crippen molar-refractivity contribution in [2.75, 3.05) is 6.54 Å². The molecule has 180 valence electrons. The summed E-state index contributed by atoms with van der Waals surface area (Å²) in [6.45, 7) is 4.66. The minimum Gasteiger partial charge on any atom is -0.336 e. The van der Waals surface area contributed by atoms with Crippen molar-refractivity contribution in [1.29, 1.82) is 0 Å². The number of likely N-dealkylation sites (tertiary alicyclic amines) is 1. The molecule has 2 atom stereocenters. The summed E-state index contributed by atoms with van der Waals surface area (Å²) in [4.78, 5) is 46.1. The number of hydrogen-bond acceptors (Lipinski definition) is 5. The Morgan fingerprint density at radius 3 is 2.74 bits per heavy atom. The maximum atomic E-state index is 13.1. The van der Waals surface area contributed by atoms with Crippen molar-refractivity contribution in [1.82, 2.24) is 24.7 Å². The van der Waals surface area contributed by atoms with Gasteiger partial charge in [0.15, 0.2) is 0 Å². The molecule has 0 aliphatic carbocycles. The molecule has 5 heterocycles. The van der Waals surface area contributed by atoms with Crippen LogP contribution in [0.3, 0.4) is 0 Å². The van der Waals surface area contributed by atoms with Crippen LogP contribution in [0.1, 0.15) is 54.1 Å². The molecule has 0 radical (unpaired) electrons. The van der Waals surface area contributed by atoms with E-state index in [0.29, 0.717) is 24.6 Å². The number of benzene rings is 1. The molecule has 3 aromatic rings. The number of aromatic nitrogens is 2. The molecule has 8 nitrogen and oxygen atoms in total. The number of rotatable bonds is 4. The fraction of sp³-hybridized carbons (Fsp3) is 0.407. The summed E-state index contributed by atoms with van der Waals surface area (Å²) in [5.74, 6) is -0.825. The summed E-state index contributed by atoms with van der Waals surface area (Å²) >= 11 is 0. The van der Waals surface area contributed by atoms with Gasteiger partial charge in [0.05, 0.1) is 5.69 Å². The van der Waals surface area contributed by atoms with Crippen molar-refractivity contribution in [2.45, 2.75) is 57.8 Å². The molecule has 2 aromatic heterocycles. The standard InChI is InChI=1S/C27H29N5O3/c1-16-4-3-10-31(16)14-19-13-22(28-25-20(19)9-11-30(25)2)17-5-6-21-18(12-17)15-32(27(21)35)23-7-8-24(33)29-26(23)34/h5-6,9,11-13,16,23H,3-4,7-8,10,14-15H2,1-2H3,(H,29,33,34). The normalized spacial score (nSPS) is 22.8. The van der Waals surface area contributed by atoms with Crippen LogP contribution in [0.15, 0.2) is 36.5 Å². The first kappa shape index (κ1) is 22.0. The van der Waals surface area contributed by atoms with Crippen LogP contribution in [-0.4, -0.2) is 55.7 Å². The van der Waals surface area contributed by atoms with Crippen molar-refractivity contribution in [3.05, 3.63) is 53.2 Å². The molecule has 3 aliphatic heterocycles. The summed E-state index contributed by atoms with van der Waals surface area (Å²) in [5, 5.41) is 3.54. The topological polar surface area (TPSA) is 87.5 Å². The molecule has 0 bridgehead atoms. The fourth-order valence-corrected chi connectivity index (χ4v) is 5.76. The molecule has 6 rings (SSSR count). The number of pyridine rings is 1. The van der Waals surface area contributed by atoms with Crippen molar-refractivity contribution in [2.24, 2.45) is 7.05 Å². The number of amides is 3. The summed E-state index contributed by atoms with van der Waals surface area (Å²) in [6.07, 6.45) is 5.14. The van der Waals surface area contributed by atoms with Crippen LogP contribution >= 0.6 is 0 Å². The van der Waals surface area contributed by atoms with Crippen molar-refractivity contribution >= 4 is 28.8 Å². The van der Waals surface area contributed by atoms with Gasteiger partial charge < -0.3 is 9.47 Å². The number of carbonyl (C=O) groups is 3. The molecule has 2 fully saturated rings. The third kappa shape index (κ3) is 3.72. The van der Waals surface area contributed by atoms with Gasteiger partial charge >= 0.3 is 0 Å². The second-order valence-corrected chi connectivity index (χ2v) is 10.1. The lowest BCUT2D eigenvalue weighted by atomic mass is 10.0. The molecule has 3 amide bonds. The maximum Gasteiger partial charge on any atom is 0.255 e. The molecule has 1 N–H and O–H groups in total. The van der Waals surface area contributed by atoms with E-state index in [0.717, 1.165) is 35.6 Å². The number of imide groups is 1. The Hall–Kier alpha value is -3.52. The average Bonchev–Trinajstić information content (AvgIpc) is 3.51. The zero-order chi connectivity index (χ0) is 24.3. The molecule has 2 saturated heterocycles. The second kappa shape index (κ2) is 8.30. The Morgan fingerprint density at radius 2 is 1.97 bits per heavy atom. The van der Waals surface area contributed by atoms with Gasteiger partial charge in [-0.1, -0.05) is 6.07 Å². The van der Waals surface area contributed by atoms with Gasteiger partial charge in [0, 0.05) is 55.3 Å². The first-order valence-corrected chi connectivity index (χ1v) is 12.4.